The Bertz CT molecular complexity index is 530. The van der Waals surface area contributed by atoms with E-state index in [1.165, 1.54) is 25.3 Å². The molecule has 17 heavy (non-hydrogen) atoms. The van der Waals surface area contributed by atoms with Crippen LogP contribution in [0.1, 0.15) is 10.4 Å². The molecule has 94 valence electrons. The predicted molar refractivity (Wildman–Crippen MR) is 66.1 cm³/mol. The van der Waals surface area contributed by atoms with Gasteiger partial charge in [0.1, 0.15) is 5.21 Å². The number of hydrogen-bond donors (Lipinski definition) is 1. The number of alkyl halides is 1. The van der Waals surface area contributed by atoms with Gasteiger partial charge in [0.2, 0.25) is 10.0 Å². The summed E-state index contributed by atoms with van der Waals surface area (Å²) in [6, 6.07) is 4.09. The Hall–Kier alpha value is -0.980. The molecule has 0 saturated carbocycles. The third-order valence-corrected chi connectivity index (χ3v) is 3.81. The Labute approximate surface area is 109 Å². The Morgan fingerprint density at radius 1 is 1.47 bits per heavy atom. The number of methoxy groups -OCH3 is 1. The quantitative estimate of drug-likeness (QED) is 0.682. The van der Waals surface area contributed by atoms with E-state index >= 15 is 0 Å². The first-order valence-electron chi connectivity index (χ1n) is 4.34. The zero-order valence-corrected chi connectivity index (χ0v) is 11.1. The summed E-state index contributed by atoms with van der Waals surface area (Å²) in [5, 5.41) is -0.447. The van der Waals surface area contributed by atoms with E-state index < -0.39 is 21.2 Å². The number of sulfonamides is 1. The molecule has 1 aromatic carbocycles. The molecule has 0 amide bonds. The van der Waals surface area contributed by atoms with E-state index in [1.807, 2.05) is 0 Å². The zero-order chi connectivity index (χ0) is 13.1. The van der Waals surface area contributed by atoms with E-state index in [0.29, 0.717) is 0 Å². The van der Waals surface area contributed by atoms with Crippen molar-refractivity contribution >= 4 is 44.9 Å². The fourth-order valence-electron chi connectivity index (χ4n) is 1.04. The van der Waals surface area contributed by atoms with Crippen molar-refractivity contribution in [2.24, 2.45) is 0 Å². The van der Waals surface area contributed by atoms with Crippen LogP contribution < -0.4 is 4.72 Å². The van der Waals surface area contributed by atoms with E-state index in [-0.39, 0.29) is 16.3 Å². The molecule has 0 bridgehead atoms. The van der Waals surface area contributed by atoms with Crippen LogP contribution in [0.2, 0.25) is 5.02 Å². The van der Waals surface area contributed by atoms with Gasteiger partial charge in [-0.3, -0.25) is 4.72 Å². The molecular weight excluding hydrogens is 289 g/mol. The van der Waals surface area contributed by atoms with Crippen molar-refractivity contribution < 1.29 is 17.9 Å². The van der Waals surface area contributed by atoms with Gasteiger partial charge < -0.3 is 4.74 Å². The fraction of sp³-hybridized carbons (Fsp3) is 0.222. The first-order chi connectivity index (χ1) is 7.89. The Kier molecular flexibility index (Phi) is 4.62. The monoisotopic (exact) mass is 297 g/mol. The smallest absolute Gasteiger partial charge is 0.337 e. The van der Waals surface area contributed by atoms with E-state index in [9.17, 15) is 13.2 Å². The number of benzene rings is 1. The highest BCUT2D eigenvalue weighted by Gasteiger charge is 2.13. The van der Waals surface area contributed by atoms with Gasteiger partial charge in [-0.25, -0.2) is 13.2 Å². The topological polar surface area (TPSA) is 72.5 Å². The highest BCUT2D eigenvalue weighted by Crippen LogP contribution is 2.24. The summed E-state index contributed by atoms with van der Waals surface area (Å²) in [5.74, 6) is -0.590. The molecule has 0 saturated heterocycles. The van der Waals surface area contributed by atoms with Gasteiger partial charge in [-0.2, -0.15) is 0 Å². The van der Waals surface area contributed by atoms with Gasteiger partial charge in [0.05, 0.1) is 23.4 Å². The van der Waals surface area contributed by atoms with E-state index in [1.54, 1.807) is 0 Å². The summed E-state index contributed by atoms with van der Waals surface area (Å²) in [4.78, 5) is 11.2. The summed E-state index contributed by atoms with van der Waals surface area (Å²) >= 11 is 11.0. The zero-order valence-electron chi connectivity index (χ0n) is 8.74. The van der Waals surface area contributed by atoms with Crippen LogP contribution in [0.15, 0.2) is 18.2 Å². The van der Waals surface area contributed by atoms with E-state index in [4.69, 9.17) is 23.2 Å². The predicted octanol–water partition coefficient (Wildman–Crippen LogP) is 2.06. The lowest BCUT2D eigenvalue weighted by Crippen LogP contribution is -2.14. The van der Waals surface area contributed by atoms with Crippen molar-refractivity contribution in [1.29, 1.82) is 0 Å². The van der Waals surface area contributed by atoms with Crippen LogP contribution in [0.25, 0.3) is 0 Å². The van der Waals surface area contributed by atoms with Crippen LogP contribution in [-0.4, -0.2) is 26.7 Å². The van der Waals surface area contributed by atoms with Crippen LogP contribution >= 0.6 is 23.2 Å². The average Bonchev–Trinajstić information content (AvgIpc) is 2.30. The number of nitrogens with one attached hydrogen (secondary N) is 1. The van der Waals surface area contributed by atoms with Gasteiger partial charge in [-0.05, 0) is 18.2 Å². The molecular formula is C9H9Cl2NO4S. The molecule has 0 aromatic heterocycles. The number of anilines is 1. The number of carbonyl (C=O) groups excluding carboxylic acids is 1. The second-order valence-corrected chi connectivity index (χ2v) is 5.73. The lowest BCUT2D eigenvalue weighted by Gasteiger charge is -2.08. The van der Waals surface area contributed by atoms with E-state index in [2.05, 4.69) is 9.46 Å². The van der Waals surface area contributed by atoms with Gasteiger partial charge in [0.15, 0.2) is 0 Å². The normalized spacial score (nSPS) is 11.0. The van der Waals surface area contributed by atoms with Crippen molar-refractivity contribution in [1.82, 2.24) is 0 Å². The third kappa shape index (κ3) is 3.76. The summed E-state index contributed by atoms with van der Waals surface area (Å²) in [6.45, 7) is 0. The molecule has 1 rings (SSSR count). The lowest BCUT2D eigenvalue weighted by atomic mass is 10.2. The number of rotatable bonds is 4. The summed E-state index contributed by atoms with van der Waals surface area (Å²) in [6.07, 6.45) is 0. The second kappa shape index (κ2) is 5.57. The molecule has 0 radical (unpaired) electrons. The number of hydrogen-bond acceptors (Lipinski definition) is 4. The molecule has 5 nitrogen and oxygen atoms in total. The van der Waals surface area contributed by atoms with Crippen molar-refractivity contribution in [2.75, 3.05) is 17.0 Å². The summed E-state index contributed by atoms with van der Waals surface area (Å²) < 4.78 is 29.2. The summed E-state index contributed by atoms with van der Waals surface area (Å²) in [5.41, 5.74) is 0.263. The van der Waals surface area contributed by atoms with Crippen LogP contribution in [-0.2, 0) is 14.8 Å². The van der Waals surface area contributed by atoms with Crippen LogP contribution in [0.5, 0.6) is 0 Å². The maximum Gasteiger partial charge on any atom is 0.337 e. The molecule has 0 unspecified atom stereocenters. The minimum Gasteiger partial charge on any atom is -0.465 e. The second-order valence-electron chi connectivity index (χ2n) is 3.01. The Morgan fingerprint density at radius 3 is 2.65 bits per heavy atom. The number of esters is 1. The lowest BCUT2D eigenvalue weighted by molar-refractivity contribution is 0.0601. The van der Waals surface area contributed by atoms with Crippen molar-refractivity contribution in [2.45, 2.75) is 0 Å². The van der Waals surface area contributed by atoms with E-state index in [0.717, 1.165) is 0 Å². The van der Waals surface area contributed by atoms with Gasteiger partial charge in [0.25, 0.3) is 0 Å². The highest BCUT2D eigenvalue weighted by molar-refractivity contribution is 7.93. The minimum atomic E-state index is -3.67. The first-order valence-corrected chi connectivity index (χ1v) is 6.90. The minimum absolute atomic E-state index is 0.0789. The maximum absolute atomic E-state index is 11.3. The number of halogens is 2. The largest absolute Gasteiger partial charge is 0.465 e. The molecule has 1 aromatic rings. The molecule has 0 atom stereocenters. The molecule has 1 N–H and O–H groups in total. The maximum atomic E-state index is 11.3. The van der Waals surface area contributed by atoms with Crippen molar-refractivity contribution in [3.8, 4) is 0 Å². The molecule has 0 aliphatic rings. The standard InChI is InChI=1S/C9H9Cl2NO4S/c1-16-9(13)6-2-3-7(11)8(4-6)12-17(14,15)5-10/h2-4,12H,5H2,1H3. The van der Waals surface area contributed by atoms with Crippen molar-refractivity contribution in [3.05, 3.63) is 28.8 Å². The molecule has 0 spiro atoms. The molecule has 0 heterocycles. The molecule has 8 heteroatoms. The Morgan fingerprint density at radius 2 is 2.12 bits per heavy atom. The molecule has 0 fully saturated rings. The molecule has 0 aliphatic heterocycles. The van der Waals surface area contributed by atoms with Gasteiger partial charge in [-0.15, -0.1) is 11.6 Å². The molecule has 0 aliphatic carbocycles. The number of ether oxygens (including phenoxy) is 1. The fourth-order valence-corrected chi connectivity index (χ4v) is 1.99. The van der Waals surface area contributed by atoms with Gasteiger partial charge in [-0.1, -0.05) is 11.6 Å². The van der Waals surface area contributed by atoms with Crippen LogP contribution in [0.4, 0.5) is 5.69 Å². The summed E-state index contributed by atoms with van der Waals surface area (Å²) in [7, 11) is -2.44. The Balaban J connectivity index is 3.11. The average molecular weight is 298 g/mol. The first kappa shape index (κ1) is 14.1. The number of carbonyl (C=O) groups is 1. The van der Waals surface area contributed by atoms with Crippen molar-refractivity contribution in [3.63, 3.8) is 0 Å². The highest BCUT2D eigenvalue weighted by atomic mass is 35.5. The van der Waals surface area contributed by atoms with Gasteiger partial charge >= 0.3 is 5.97 Å². The van der Waals surface area contributed by atoms with Crippen LogP contribution in [0.3, 0.4) is 0 Å². The van der Waals surface area contributed by atoms with Gasteiger partial charge in [0, 0.05) is 0 Å². The van der Waals surface area contributed by atoms with Crippen LogP contribution in [0, 0.1) is 0 Å². The SMILES string of the molecule is COC(=O)c1ccc(Cl)c(NS(=O)(=O)CCl)c1. The third-order valence-electron chi connectivity index (χ3n) is 1.80.